The molecule has 0 radical (unpaired) electrons. The molecule has 23 heavy (non-hydrogen) atoms. The summed E-state index contributed by atoms with van der Waals surface area (Å²) in [6.45, 7) is 0.347. The van der Waals surface area contributed by atoms with Crippen LogP contribution in [-0.4, -0.2) is 34.4 Å². The van der Waals surface area contributed by atoms with Gasteiger partial charge in [-0.1, -0.05) is 0 Å². The van der Waals surface area contributed by atoms with E-state index in [1.807, 2.05) is 0 Å². The molecule has 120 valence electrons. The smallest absolute Gasteiger partial charge is 0.250 e. The molecule has 0 saturated heterocycles. The van der Waals surface area contributed by atoms with E-state index in [1.165, 1.54) is 18.3 Å². The topological polar surface area (TPSA) is 73.2 Å². The van der Waals surface area contributed by atoms with Gasteiger partial charge in [-0.25, -0.2) is 9.37 Å². The largest absolute Gasteiger partial charge is 0.474 e. The third-order valence-corrected chi connectivity index (χ3v) is 3.71. The zero-order chi connectivity index (χ0) is 16.2. The number of nitrogens with zero attached hydrogens (tertiary/aromatic N) is 2. The molecular formula is C16H16FN3O3. The predicted octanol–water partition coefficient (Wildman–Crippen LogP) is 1.73. The Morgan fingerprint density at radius 1 is 1.43 bits per heavy atom. The maximum atomic E-state index is 13.3. The van der Waals surface area contributed by atoms with Crippen LogP contribution in [-0.2, 0) is 4.79 Å². The number of hydrogen-bond acceptors (Lipinski definition) is 4. The molecule has 1 amide bonds. The number of ketones is 1. The summed E-state index contributed by atoms with van der Waals surface area (Å²) in [4.78, 5) is 27.8. The van der Waals surface area contributed by atoms with Crippen LogP contribution in [0.25, 0.3) is 0 Å². The van der Waals surface area contributed by atoms with E-state index in [4.69, 9.17) is 4.74 Å². The molecule has 1 N–H and O–H groups in total. The summed E-state index contributed by atoms with van der Waals surface area (Å²) < 4.78 is 20.2. The third-order valence-electron chi connectivity index (χ3n) is 3.71. The van der Waals surface area contributed by atoms with Crippen molar-refractivity contribution < 1.29 is 18.7 Å². The van der Waals surface area contributed by atoms with Gasteiger partial charge >= 0.3 is 0 Å². The van der Waals surface area contributed by atoms with E-state index in [0.717, 1.165) is 0 Å². The van der Waals surface area contributed by atoms with E-state index in [0.29, 0.717) is 18.5 Å². The molecule has 1 aliphatic heterocycles. The summed E-state index contributed by atoms with van der Waals surface area (Å²) in [5.74, 6) is -0.757. The Kier molecular flexibility index (Phi) is 4.36. The molecule has 2 aromatic rings. The van der Waals surface area contributed by atoms with Gasteiger partial charge in [-0.05, 0) is 30.7 Å². The molecule has 0 spiro atoms. The molecule has 0 aromatic carbocycles. The van der Waals surface area contributed by atoms with Gasteiger partial charge in [0.1, 0.15) is 12.6 Å². The van der Waals surface area contributed by atoms with Gasteiger partial charge < -0.3 is 14.6 Å². The van der Waals surface area contributed by atoms with Crippen molar-refractivity contribution in [3.05, 3.63) is 48.2 Å². The number of Topliss-reactive ketones (excluding diaryl/α,β-unsaturated/α-hetero) is 1. The van der Waals surface area contributed by atoms with Gasteiger partial charge in [0.2, 0.25) is 11.8 Å². The molecule has 3 rings (SSSR count). The second-order valence-corrected chi connectivity index (χ2v) is 5.21. The van der Waals surface area contributed by atoms with E-state index < -0.39 is 11.9 Å². The van der Waals surface area contributed by atoms with Crippen LogP contribution in [0.3, 0.4) is 0 Å². The first kappa shape index (κ1) is 15.2. The first-order valence-corrected chi connectivity index (χ1v) is 7.38. The Labute approximate surface area is 132 Å². The number of fused-ring (bicyclic) bond motifs is 1. The van der Waals surface area contributed by atoms with E-state index in [1.54, 1.807) is 22.9 Å². The minimum absolute atomic E-state index is 0.0491. The fraction of sp³-hybridized carbons (Fsp3) is 0.312. The Morgan fingerprint density at radius 2 is 2.30 bits per heavy atom. The molecule has 3 heterocycles. The highest BCUT2D eigenvalue weighted by atomic mass is 19.1. The normalized spacial score (nSPS) is 16.7. The van der Waals surface area contributed by atoms with Crippen LogP contribution < -0.4 is 10.1 Å². The highest BCUT2D eigenvalue weighted by Crippen LogP contribution is 2.25. The van der Waals surface area contributed by atoms with Crippen LogP contribution in [0.15, 0.2) is 36.7 Å². The van der Waals surface area contributed by atoms with Gasteiger partial charge in [-0.15, -0.1) is 0 Å². The lowest BCUT2D eigenvalue weighted by Crippen LogP contribution is -2.37. The predicted molar refractivity (Wildman–Crippen MR) is 79.7 cm³/mol. The lowest BCUT2D eigenvalue weighted by atomic mass is 10.0. The minimum atomic E-state index is -0.540. The maximum absolute atomic E-state index is 13.3. The molecule has 7 heteroatoms. The monoisotopic (exact) mass is 317 g/mol. The summed E-state index contributed by atoms with van der Waals surface area (Å²) in [7, 11) is 0. The highest BCUT2D eigenvalue weighted by molar-refractivity contribution is 5.97. The highest BCUT2D eigenvalue weighted by Gasteiger charge is 2.29. The van der Waals surface area contributed by atoms with Crippen LogP contribution in [0, 0.1) is 5.82 Å². The van der Waals surface area contributed by atoms with Gasteiger partial charge in [-0.3, -0.25) is 9.59 Å². The molecule has 0 fully saturated rings. The summed E-state index contributed by atoms with van der Waals surface area (Å²) in [5, 5.41) is 2.74. The number of hydrogen-bond donors (Lipinski definition) is 1. The number of halogens is 1. The van der Waals surface area contributed by atoms with E-state index >= 15 is 0 Å². The molecule has 0 saturated carbocycles. The van der Waals surface area contributed by atoms with Gasteiger partial charge in [0.15, 0.2) is 11.6 Å². The number of pyridine rings is 1. The maximum Gasteiger partial charge on any atom is 0.250 e. The first-order chi connectivity index (χ1) is 11.2. The molecule has 2 aromatic heterocycles. The van der Waals surface area contributed by atoms with Crippen LogP contribution in [0.4, 0.5) is 4.39 Å². The van der Waals surface area contributed by atoms with Crippen LogP contribution in [0.2, 0.25) is 0 Å². The van der Waals surface area contributed by atoms with Crippen molar-refractivity contribution in [1.82, 2.24) is 14.9 Å². The lowest BCUT2D eigenvalue weighted by molar-refractivity contribution is -0.124. The van der Waals surface area contributed by atoms with Crippen molar-refractivity contribution >= 4 is 11.7 Å². The SMILES string of the molecule is O=C1CCC(C(=O)NCCOc2ncccc2F)n2cccc21. The summed E-state index contributed by atoms with van der Waals surface area (Å²) in [6, 6.07) is 5.81. The van der Waals surface area contributed by atoms with Gasteiger partial charge in [0.05, 0.1) is 12.2 Å². The van der Waals surface area contributed by atoms with Crippen LogP contribution >= 0.6 is 0 Å². The lowest BCUT2D eigenvalue weighted by Gasteiger charge is -2.24. The fourth-order valence-electron chi connectivity index (χ4n) is 2.61. The number of aromatic nitrogens is 2. The Balaban J connectivity index is 1.52. The molecule has 1 aliphatic rings. The van der Waals surface area contributed by atoms with Crippen LogP contribution in [0.5, 0.6) is 5.88 Å². The van der Waals surface area contributed by atoms with Crippen LogP contribution in [0.1, 0.15) is 29.4 Å². The van der Waals surface area contributed by atoms with Crippen molar-refractivity contribution in [2.75, 3.05) is 13.2 Å². The summed E-state index contributed by atoms with van der Waals surface area (Å²) >= 11 is 0. The molecule has 1 atom stereocenters. The van der Waals surface area contributed by atoms with Crippen molar-refractivity contribution in [1.29, 1.82) is 0 Å². The number of carbonyl (C=O) groups is 2. The Morgan fingerprint density at radius 3 is 3.13 bits per heavy atom. The number of carbonyl (C=O) groups excluding carboxylic acids is 2. The first-order valence-electron chi connectivity index (χ1n) is 7.38. The zero-order valence-electron chi connectivity index (χ0n) is 12.4. The van der Waals surface area contributed by atoms with E-state index in [-0.39, 0.29) is 30.7 Å². The standard InChI is InChI=1S/C16H16FN3O3/c17-11-3-1-7-19-16(11)23-10-8-18-15(22)13-5-6-14(21)12-4-2-9-20(12)13/h1-4,7,9,13H,5-6,8,10H2,(H,18,22). The Hall–Kier alpha value is -2.70. The summed E-state index contributed by atoms with van der Waals surface area (Å²) in [6.07, 6.45) is 4.00. The quantitative estimate of drug-likeness (QED) is 0.853. The van der Waals surface area contributed by atoms with E-state index in [2.05, 4.69) is 10.3 Å². The van der Waals surface area contributed by atoms with Crippen molar-refractivity contribution in [3.8, 4) is 5.88 Å². The second kappa shape index (κ2) is 6.60. The second-order valence-electron chi connectivity index (χ2n) is 5.21. The number of rotatable bonds is 5. The average molecular weight is 317 g/mol. The molecular weight excluding hydrogens is 301 g/mol. The third kappa shape index (κ3) is 3.23. The fourth-order valence-corrected chi connectivity index (χ4v) is 2.61. The summed E-state index contributed by atoms with van der Waals surface area (Å²) in [5.41, 5.74) is 0.559. The van der Waals surface area contributed by atoms with Gasteiger partial charge in [0, 0.05) is 18.8 Å². The van der Waals surface area contributed by atoms with Gasteiger partial charge in [-0.2, -0.15) is 0 Å². The molecule has 1 unspecified atom stereocenters. The average Bonchev–Trinajstić information content (AvgIpc) is 3.04. The molecule has 0 aliphatic carbocycles. The van der Waals surface area contributed by atoms with E-state index in [9.17, 15) is 14.0 Å². The van der Waals surface area contributed by atoms with Crippen molar-refractivity contribution in [2.24, 2.45) is 0 Å². The zero-order valence-corrected chi connectivity index (χ0v) is 12.4. The number of amides is 1. The number of nitrogens with one attached hydrogen (secondary N) is 1. The number of ether oxygens (including phenoxy) is 1. The minimum Gasteiger partial charge on any atom is -0.474 e. The Bertz CT molecular complexity index is 729. The van der Waals surface area contributed by atoms with Gasteiger partial charge in [0.25, 0.3) is 0 Å². The molecule has 6 nitrogen and oxygen atoms in total. The van der Waals surface area contributed by atoms with Crippen molar-refractivity contribution in [2.45, 2.75) is 18.9 Å². The molecule has 0 bridgehead atoms. The van der Waals surface area contributed by atoms with Crippen molar-refractivity contribution in [3.63, 3.8) is 0 Å².